The SMILES string of the molecule is CC(C)(CCl)C(=O)Nc1ccccc1-c1cccs1. The number of amides is 1. The van der Waals surface area contributed by atoms with E-state index in [9.17, 15) is 4.79 Å². The van der Waals surface area contributed by atoms with Crippen molar-refractivity contribution >= 4 is 34.5 Å². The topological polar surface area (TPSA) is 29.1 Å². The molecule has 0 aliphatic carbocycles. The molecule has 19 heavy (non-hydrogen) atoms. The van der Waals surface area contributed by atoms with E-state index in [1.807, 2.05) is 55.6 Å². The number of para-hydroxylation sites is 1. The van der Waals surface area contributed by atoms with Crippen molar-refractivity contribution in [2.75, 3.05) is 11.2 Å². The zero-order valence-corrected chi connectivity index (χ0v) is 12.5. The van der Waals surface area contributed by atoms with E-state index in [2.05, 4.69) is 5.32 Å². The average molecular weight is 294 g/mol. The van der Waals surface area contributed by atoms with Crippen LogP contribution in [0.4, 0.5) is 5.69 Å². The molecule has 0 saturated carbocycles. The molecular weight excluding hydrogens is 278 g/mol. The standard InChI is InChI=1S/C15H16ClNOS/c1-15(2,10-16)14(18)17-12-7-4-3-6-11(12)13-8-5-9-19-13/h3-9H,10H2,1-2H3,(H,17,18). The van der Waals surface area contributed by atoms with E-state index in [1.165, 1.54) is 0 Å². The number of anilines is 1. The Balaban J connectivity index is 2.29. The molecular formula is C15H16ClNOS. The molecule has 2 rings (SSSR count). The summed E-state index contributed by atoms with van der Waals surface area (Å²) >= 11 is 7.49. The monoisotopic (exact) mass is 293 g/mol. The molecule has 0 unspecified atom stereocenters. The second kappa shape index (κ2) is 5.76. The van der Waals surface area contributed by atoms with Gasteiger partial charge in [-0.15, -0.1) is 22.9 Å². The molecule has 0 spiro atoms. The summed E-state index contributed by atoms with van der Waals surface area (Å²) in [4.78, 5) is 13.3. The second-order valence-electron chi connectivity index (χ2n) is 4.99. The van der Waals surface area contributed by atoms with Gasteiger partial charge in [-0.05, 0) is 31.4 Å². The number of rotatable bonds is 4. The largest absolute Gasteiger partial charge is 0.325 e. The van der Waals surface area contributed by atoms with E-state index in [-0.39, 0.29) is 5.91 Å². The van der Waals surface area contributed by atoms with Crippen LogP contribution in [0.5, 0.6) is 0 Å². The van der Waals surface area contributed by atoms with E-state index >= 15 is 0 Å². The first-order valence-corrected chi connectivity index (χ1v) is 7.46. The van der Waals surface area contributed by atoms with Crippen molar-refractivity contribution in [3.8, 4) is 10.4 Å². The van der Waals surface area contributed by atoms with E-state index in [4.69, 9.17) is 11.6 Å². The van der Waals surface area contributed by atoms with Gasteiger partial charge < -0.3 is 5.32 Å². The summed E-state index contributed by atoms with van der Waals surface area (Å²) in [6.07, 6.45) is 0. The van der Waals surface area contributed by atoms with Crippen LogP contribution >= 0.6 is 22.9 Å². The third kappa shape index (κ3) is 3.17. The normalized spacial score (nSPS) is 11.3. The van der Waals surface area contributed by atoms with Crippen molar-refractivity contribution in [2.45, 2.75) is 13.8 Å². The number of thiophene rings is 1. The number of carbonyl (C=O) groups excluding carboxylic acids is 1. The molecule has 0 fully saturated rings. The van der Waals surface area contributed by atoms with Gasteiger partial charge in [0.2, 0.25) is 5.91 Å². The minimum Gasteiger partial charge on any atom is -0.325 e. The molecule has 2 nitrogen and oxygen atoms in total. The summed E-state index contributed by atoms with van der Waals surface area (Å²) in [7, 11) is 0. The predicted octanol–water partition coefficient (Wildman–Crippen LogP) is 4.62. The maximum atomic E-state index is 12.2. The van der Waals surface area contributed by atoms with Crippen LogP contribution in [0.2, 0.25) is 0 Å². The van der Waals surface area contributed by atoms with Crippen molar-refractivity contribution in [1.82, 2.24) is 0 Å². The Kier molecular flexibility index (Phi) is 4.27. The van der Waals surface area contributed by atoms with Crippen molar-refractivity contribution < 1.29 is 4.79 Å². The fourth-order valence-corrected chi connectivity index (χ4v) is 2.48. The summed E-state index contributed by atoms with van der Waals surface area (Å²) in [5.41, 5.74) is 1.29. The van der Waals surface area contributed by atoms with Gasteiger partial charge in [0.05, 0.1) is 5.41 Å². The minimum atomic E-state index is -0.579. The fraction of sp³-hybridized carbons (Fsp3) is 0.267. The molecule has 0 saturated heterocycles. The maximum Gasteiger partial charge on any atom is 0.231 e. The third-order valence-corrected chi connectivity index (χ3v) is 4.48. The molecule has 0 bridgehead atoms. The van der Waals surface area contributed by atoms with Crippen molar-refractivity contribution in [3.05, 3.63) is 41.8 Å². The van der Waals surface area contributed by atoms with Gasteiger partial charge in [-0.3, -0.25) is 4.79 Å². The van der Waals surface area contributed by atoms with Gasteiger partial charge >= 0.3 is 0 Å². The van der Waals surface area contributed by atoms with Crippen LogP contribution in [-0.4, -0.2) is 11.8 Å². The van der Waals surface area contributed by atoms with Crippen LogP contribution in [0.3, 0.4) is 0 Å². The minimum absolute atomic E-state index is 0.0634. The Morgan fingerprint density at radius 3 is 2.63 bits per heavy atom. The Hall–Kier alpha value is -1.32. The van der Waals surface area contributed by atoms with Crippen molar-refractivity contribution in [3.63, 3.8) is 0 Å². The summed E-state index contributed by atoms with van der Waals surface area (Å²) in [6.45, 7) is 3.67. The summed E-state index contributed by atoms with van der Waals surface area (Å²) in [5, 5.41) is 5.00. The maximum absolute atomic E-state index is 12.2. The number of benzene rings is 1. The van der Waals surface area contributed by atoms with E-state index in [0.717, 1.165) is 16.1 Å². The Morgan fingerprint density at radius 1 is 1.26 bits per heavy atom. The second-order valence-corrected chi connectivity index (χ2v) is 6.21. The third-order valence-electron chi connectivity index (χ3n) is 2.91. The molecule has 0 aliphatic rings. The molecule has 0 atom stereocenters. The van der Waals surface area contributed by atoms with Gasteiger partial charge in [0.25, 0.3) is 0 Å². The number of carbonyl (C=O) groups is 1. The van der Waals surface area contributed by atoms with Crippen LogP contribution in [0.1, 0.15) is 13.8 Å². The lowest BCUT2D eigenvalue weighted by atomic mass is 9.95. The van der Waals surface area contributed by atoms with Gasteiger partial charge in [0.1, 0.15) is 0 Å². The fourth-order valence-electron chi connectivity index (χ4n) is 1.59. The Morgan fingerprint density at radius 2 is 2.00 bits per heavy atom. The first-order valence-electron chi connectivity index (χ1n) is 6.05. The van der Waals surface area contributed by atoms with Gasteiger partial charge in [-0.2, -0.15) is 0 Å². The van der Waals surface area contributed by atoms with Gasteiger partial charge in [-0.1, -0.05) is 24.3 Å². The lowest BCUT2D eigenvalue weighted by Crippen LogP contribution is -2.32. The van der Waals surface area contributed by atoms with Crippen LogP contribution in [0, 0.1) is 5.41 Å². The van der Waals surface area contributed by atoms with Gasteiger partial charge in [0.15, 0.2) is 0 Å². The number of hydrogen-bond acceptors (Lipinski definition) is 2. The molecule has 0 radical (unpaired) electrons. The predicted molar refractivity (Wildman–Crippen MR) is 82.9 cm³/mol. The number of halogens is 1. The summed E-state index contributed by atoms with van der Waals surface area (Å²) < 4.78 is 0. The lowest BCUT2D eigenvalue weighted by Gasteiger charge is -2.21. The molecule has 1 amide bonds. The quantitative estimate of drug-likeness (QED) is 0.819. The number of alkyl halides is 1. The van der Waals surface area contributed by atoms with Crippen LogP contribution < -0.4 is 5.32 Å². The molecule has 100 valence electrons. The van der Waals surface area contributed by atoms with Crippen LogP contribution in [0.15, 0.2) is 41.8 Å². The zero-order chi connectivity index (χ0) is 13.9. The Labute approximate surface area is 122 Å². The van der Waals surface area contributed by atoms with Crippen LogP contribution in [0.25, 0.3) is 10.4 Å². The molecule has 1 N–H and O–H groups in total. The van der Waals surface area contributed by atoms with Gasteiger partial charge in [-0.25, -0.2) is 0 Å². The van der Waals surface area contributed by atoms with Crippen LogP contribution in [-0.2, 0) is 4.79 Å². The first kappa shape index (κ1) is 14.1. The molecule has 1 aromatic heterocycles. The number of hydrogen-bond donors (Lipinski definition) is 1. The number of nitrogens with one attached hydrogen (secondary N) is 1. The smallest absolute Gasteiger partial charge is 0.231 e. The molecule has 0 aliphatic heterocycles. The highest BCUT2D eigenvalue weighted by Crippen LogP contribution is 2.32. The zero-order valence-electron chi connectivity index (χ0n) is 10.9. The molecule has 1 heterocycles. The molecule has 2 aromatic rings. The summed E-state index contributed by atoms with van der Waals surface area (Å²) in [5.74, 6) is 0.228. The highest BCUT2D eigenvalue weighted by atomic mass is 35.5. The molecule has 4 heteroatoms. The van der Waals surface area contributed by atoms with Gasteiger partial charge in [0, 0.05) is 22.0 Å². The van der Waals surface area contributed by atoms with E-state index < -0.39 is 5.41 Å². The molecule has 1 aromatic carbocycles. The Bertz CT molecular complexity index is 563. The van der Waals surface area contributed by atoms with E-state index in [1.54, 1.807) is 11.3 Å². The highest BCUT2D eigenvalue weighted by molar-refractivity contribution is 7.13. The van der Waals surface area contributed by atoms with E-state index in [0.29, 0.717) is 5.88 Å². The lowest BCUT2D eigenvalue weighted by molar-refractivity contribution is -0.122. The highest BCUT2D eigenvalue weighted by Gasteiger charge is 2.27. The van der Waals surface area contributed by atoms with Crippen molar-refractivity contribution in [2.24, 2.45) is 5.41 Å². The average Bonchev–Trinajstić information content (AvgIpc) is 2.93. The summed E-state index contributed by atoms with van der Waals surface area (Å²) in [6, 6.07) is 11.9. The first-order chi connectivity index (χ1) is 9.04. The van der Waals surface area contributed by atoms with Crippen molar-refractivity contribution in [1.29, 1.82) is 0 Å².